The first-order valence-electron chi connectivity index (χ1n) is 9.73. The van der Waals surface area contributed by atoms with E-state index in [4.69, 9.17) is 4.52 Å². The lowest BCUT2D eigenvalue weighted by Crippen LogP contribution is -2.40. The Balaban J connectivity index is 1.67. The number of carbonyl (C=O) groups excluding carboxylic acids is 1. The minimum absolute atomic E-state index is 0.148. The second-order valence-electron chi connectivity index (χ2n) is 7.59. The lowest BCUT2D eigenvalue weighted by atomic mass is 10.0. The van der Waals surface area contributed by atoms with Crippen LogP contribution in [0.2, 0.25) is 0 Å². The predicted molar refractivity (Wildman–Crippen MR) is 101 cm³/mol. The maximum atomic E-state index is 13.4. The molecule has 0 saturated carbocycles. The Labute approximate surface area is 158 Å². The highest BCUT2D eigenvalue weighted by Crippen LogP contribution is 2.33. The summed E-state index contributed by atoms with van der Waals surface area (Å²) in [6.45, 7) is 6.13. The summed E-state index contributed by atoms with van der Waals surface area (Å²) in [7, 11) is 0. The molecule has 0 aromatic carbocycles. The molecule has 4 rings (SSSR count). The molecule has 2 aromatic rings. The van der Waals surface area contributed by atoms with Crippen LogP contribution >= 0.6 is 0 Å². The number of carbonyl (C=O) groups is 1. The maximum absolute atomic E-state index is 13.4. The molecule has 2 aliphatic rings. The summed E-state index contributed by atoms with van der Waals surface area (Å²) in [5.74, 6) is 0.503. The van der Waals surface area contributed by atoms with Gasteiger partial charge in [-0.1, -0.05) is 5.16 Å². The molecule has 144 valence electrons. The van der Waals surface area contributed by atoms with E-state index in [0.29, 0.717) is 17.9 Å². The molecule has 7 nitrogen and oxygen atoms in total. The van der Waals surface area contributed by atoms with Crippen LogP contribution in [0.4, 0.5) is 0 Å². The van der Waals surface area contributed by atoms with Crippen molar-refractivity contribution in [2.45, 2.75) is 51.6 Å². The van der Waals surface area contributed by atoms with Crippen LogP contribution < -0.4 is 10.9 Å². The molecule has 1 amide bonds. The van der Waals surface area contributed by atoms with E-state index in [2.05, 4.69) is 10.5 Å². The summed E-state index contributed by atoms with van der Waals surface area (Å²) in [6, 6.07) is 3.77. The van der Waals surface area contributed by atoms with Crippen molar-refractivity contribution in [1.29, 1.82) is 0 Å². The summed E-state index contributed by atoms with van der Waals surface area (Å²) < 4.78 is 7.16. The molecule has 27 heavy (non-hydrogen) atoms. The van der Waals surface area contributed by atoms with Crippen molar-refractivity contribution < 1.29 is 9.32 Å². The summed E-state index contributed by atoms with van der Waals surface area (Å²) in [6.07, 6.45) is 5.37. The molecule has 2 aromatic heterocycles. The number of piperidine rings is 1. The van der Waals surface area contributed by atoms with Crippen molar-refractivity contribution in [1.82, 2.24) is 19.9 Å². The lowest BCUT2D eigenvalue weighted by Gasteiger charge is -2.27. The molecule has 0 radical (unpaired) electrons. The van der Waals surface area contributed by atoms with Crippen LogP contribution in [0.5, 0.6) is 0 Å². The van der Waals surface area contributed by atoms with Gasteiger partial charge in [0, 0.05) is 24.8 Å². The van der Waals surface area contributed by atoms with Gasteiger partial charge >= 0.3 is 0 Å². The number of pyridine rings is 1. The smallest absolute Gasteiger partial charge is 0.263 e. The fourth-order valence-corrected chi connectivity index (χ4v) is 4.26. The van der Waals surface area contributed by atoms with Gasteiger partial charge in [-0.15, -0.1) is 0 Å². The summed E-state index contributed by atoms with van der Waals surface area (Å²) in [4.78, 5) is 28.3. The molecule has 2 fully saturated rings. The molecule has 0 spiro atoms. The number of nitrogens with zero attached hydrogens (tertiary/aromatic N) is 3. The number of aryl methyl sites for hydroxylation is 2. The molecule has 0 bridgehead atoms. The number of likely N-dealkylation sites (tertiary alicyclic amines) is 1. The monoisotopic (exact) mass is 370 g/mol. The van der Waals surface area contributed by atoms with Gasteiger partial charge in [-0.2, -0.15) is 0 Å². The molecule has 4 heterocycles. The van der Waals surface area contributed by atoms with Crippen molar-refractivity contribution in [3.05, 3.63) is 51.3 Å². The normalized spacial score (nSPS) is 21.0. The maximum Gasteiger partial charge on any atom is 0.263 e. The summed E-state index contributed by atoms with van der Waals surface area (Å²) >= 11 is 0. The fraction of sp³-hybridized carbons (Fsp3) is 0.550. The second kappa shape index (κ2) is 7.31. The number of hydrogen-bond donors (Lipinski definition) is 1. The second-order valence-corrected chi connectivity index (χ2v) is 7.59. The van der Waals surface area contributed by atoms with Gasteiger partial charge in [0.15, 0.2) is 5.76 Å². The van der Waals surface area contributed by atoms with Crippen molar-refractivity contribution in [2.75, 3.05) is 19.6 Å². The highest BCUT2D eigenvalue weighted by atomic mass is 16.5. The largest absolute Gasteiger partial charge is 0.359 e. The third-order valence-corrected chi connectivity index (χ3v) is 5.73. The van der Waals surface area contributed by atoms with E-state index in [1.165, 1.54) is 0 Å². The molecule has 1 atom stereocenters. The van der Waals surface area contributed by atoms with Crippen molar-refractivity contribution in [3.63, 3.8) is 0 Å². The molecule has 7 heteroatoms. The van der Waals surface area contributed by atoms with E-state index < -0.39 is 0 Å². The van der Waals surface area contributed by atoms with Crippen molar-refractivity contribution in [2.24, 2.45) is 0 Å². The number of nitrogens with one attached hydrogen (secondary N) is 1. The van der Waals surface area contributed by atoms with Crippen LogP contribution in [0.3, 0.4) is 0 Å². The van der Waals surface area contributed by atoms with Crippen LogP contribution in [-0.4, -0.2) is 40.2 Å². The first-order chi connectivity index (χ1) is 13.1. The van der Waals surface area contributed by atoms with Gasteiger partial charge in [0.1, 0.15) is 5.56 Å². The first kappa shape index (κ1) is 18.0. The summed E-state index contributed by atoms with van der Waals surface area (Å²) in [5, 5.41) is 7.27. The molecule has 1 N–H and O–H groups in total. The fourth-order valence-electron chi connectivity index (χ4n) is 4.26. The Bertz CT molecular complexity index is 895. The predicted octanol–water partition coefficient (Wildman–Crippen LogP) is 2.35. The highest BCUT2D eigenvalue weighted by Gasteiger charge is 2.35. The van der Waals surface area contributed by atoms with Crippen molar-refractivity contribution in [3.8, 4) is 0 Å². The Hall–Kier alpha value is -2.41. The zero-order chi connectivity index (χ0) is 19.0. The topological polar surface area (TPSA) is 80.4 Å². The van der Waals surface area contributed by atoms with Gasteiger partial charge in [-0.3, -0.25) is 9.59 Å². The lowest BCUT2D eigenvalue weighted by molar-refractivity contribution is 0.0711. The molecule has 1 unspecified atom stereocenters. The van der Waals surface area contributed by atoms with E-state index in [9.17, 15) is 9.59 Å². The summed E-state index contributed by atoms with van der Waals surface area (Å²) in [5.41, 5.74) is 1.65. The number of rotatable bonds is 3. The van der Waals surface area contributed by atoms with Gasteiger partial charge in [0.05, 0.1) is 11.7 Å². The average molecular weight is 370 g/mol. The Morgan fingerprint density at radius 2 is 2.04 bits per heavy atom. The van der Waals surface area contributed by atoms with Gasteiger partial charge in [0.25, 0.3) is 11.5 Å². The highest BCUT2D eigenvalue weighted by molar-refractivity contribution is 5.95. The van der Waals surface area contributed by atoms with E-state index >= 15 is 0 Å². The Kier molecular flexibility index (Phi) is 4.86. The van der Waals surface area contributed by atoms with Gasteiger partial charge in [-0.25, -0.2) is 0 Å². The zero-order valence-electron chi connectivity index (χ0n) is 15.9. The van der Waals surface area contributed by atoms with Crippen LogP contribution in [0.25, 0.3) is 0 Å². The number of hydrogen-bond acceptors (Lipinski definition) is 5. The van der Waals surface area contributed by atoms with E-state index in [1.807, 2.05) is 32.2 Å². The minimum atomic E-state index is -0.197. The molecule has 2 saturated heterocycles. The van der Waals surface area contributed by atoms with Gasteiger partial charge in [0.2, 0.25) is 0 Å². The van der Waals surface area contributed by atoms with Crippen molar-refractivity contribution >= 4 is 5.91 Å². The third kappa shape index (κ3) is 3.32. The minimum Gasteiger partial charge on any atom is -0.359 e. The van der Waals surface area contributed by atoms with E-state index in [1.54, 1.807) is 9.47 Å². The van der Waals surface area contributed by atoms with Crippen LogP contribution in [-0.2, 0) is 0 Å². The molecule has 0 aliphatic carbocycles. The first-order valence-corrected chi connectivity index (χ1v) is 9.73. The quantitative estimate of drug-likeness (QED) is 0.897. The SMILES string of the molecule is Cc1cc(C2CCCN2C(=O)c2c(C)ccn(C3CCNCC3)c2=O)on1. The standard InChI is InChI=1S/C20H26N4O3/c1-13-7-11-23(15-5-8-21-9-6-15)19(25)18(13)20(26)24-10-3-4-16(24)17-12-14(2)22-27-17/h7,11-12,15-16,21H,3-6,8-10H2,1-2H3. The zero-order valence-corrected chi connectivity index (χ0v) is 15.9. The Morgan fingerprint density at radius 1 is 1.26 bits per heavy atom. The number of aromatic nitrogens is 2. The van der Waals surface area contributed by atoms with Gasteiger partial charge in [-0.05, 0) is 64.3 Å². The van der Waals surface area contributed by atoms with Crippen LogP contribution in [0.15, 0.2) is 27.6 Å². The van der Waals surface area contributed by atoms with Crippen LogP contribution in [0, 0.1) is 13.8 Å². The molecule has 2 aliphatic heterocycles. The van der Waals surface area contributed by atoms with E-state index in [-0.39, 0.29) is 23.6 Å². The average Bonchev–Trinajstić information content (AvgIpc) is 3.31. The number of amides is 1. The third-order valence-electron chi connectivity index (χ3n) is 5.73. The van der Waals surface area contributed by atoms with Crippen LogP contribution in [0.1, 0.15) is 65.1 Å². The Morgan fingerprint density at radius 3 is 2.74 bits per heavy atom. The van der Waals surface area contributed by atoms with Gasteiger partial charge < -0.3 is 19.3 Å². The molecular formula is C20H26N4O3. The van der Waals surface area contributed by atoms with E-state index in [0.717, 1.165) is 50.0 Å². The molecular weight excluding hydrogens is 344 g/mol.